The minimum atomic E-state index is 0.0756. The van der Waals surface area contributed by atoms with Gasteiger partial charge >= 0.3 is 0 Å². The molecule has 1 aromatic rings. The molecule has 3 heteroatoms. The summed E-state index contributed by atoms with van der Waals surface area (Å²) in [5.41, 5.74) is 5.66. The van der Waals surface area contributed by atoms with E-state index in [4.69, 9.17) is 15.2 Å². The van der Waals surface area contributed by atoms with Gasteiger partial charge in [-0.3, -0.25) is 0 Å². The minimum Gasteiger partial charge on any atom is -0.490 e. The standard InChI is InChI=1S/C13H21NO2/c1-3-7-11(10-14)16-13-9-6-5-8-12(13)15-4-2/h5-6,8-9,11H,3-4,7,10,14H2,1-2H3. The first-order chi connectivity index (χ1) is 7.81. The molecule has 2 N–H and O–H groups in total. The van der Waals surface area contributed by atoms with Gasteiger partial charge in [0, 0.05) is 6.54 Å². The molecule has 0 bridgehead atoms. The van der Waals surface area contributed by atoms with E-state index in [1.165, 1.54) is 0 Å². The zero-order chi connectivity index (χ0) is 11.8. The van der Waals surface area contributed by atoms with Gasteiger partial charge in [0.05, 0.1) is 6.61 Å². The van der Waals surface area contributed by atoms with Crippen LogP contribution in [0.25, 0.3) is 0 Å². The van der Waals surface area contributed by atoms with Crippen molar-refractivity contribution in [3.63, 3.8) is 0 Å². The predicted octanol–water partition coefficient (Wildman–Crippen LogP) is 2.59. The summed E-state index contributed by atoms with van der Waals surface area (Å²) in [5.74, 6) is 1.58. The Morgan fingerprint density at radius 1 is 1.19 bits per heavy atom. The highest BCUT2D eigenvalue weighted by Gasteiger charge is 2.10. The molecule has 1 unspecified atom stereocenters. The van der Waals surface area contributed by atoms with Crippen molar-refractivity contribution in [1.29, 1.82) is 0 Å². The Hall–Kier alpha value is -1.22. The molecule has 1 rings (SSSR count). The molecule has 0 heterocycles. The number of para-hydroxylation sites is 2. The van der Waals surface area contributed by atoms with Gasteiger partial charge < -0.3 is 15.2 Å². The summed E-state index contributed by atoms with van der Waals surface area (Å²) < 4.78 is 11.3. The van der Waals surface area contributed by atoms with Gasteiger partial charge in [0.15, 0.2) is 11.5 Å². The largest absolute Gasteiger partial charge is 0.490 e. The quantitative estimate of drug-likeness (QED) is 0.772. The second-order valence-corrected chi connectivity index (χ2v) is 3.64. The van der Waals surface area contributed by atoms with E-state index in [1.807, 2.05) is 31.2 Å². The lowest BCUT2D eigenvalue weighted by Crippen LogP contribution is -2.26. The van der Waals surface area contributed by atoms with E-state index in [0.29, 0.717) is 13.2 Å². The Balaban J connectivity index is 2.70. The Morgan fingerprint density at radius 2 is 1.88 bits per heavy atom. The molecular formula is C13H21NO2. The number of rotatable bonds is 7. The zero-order valence-electron chi connectivity index (χ0n) is 10.1. The number of hydrogen-bond donors (Lipinski definition) is 1. The SMILES string of the molecule is CCCC(CN)Oc1ccccc1OCC. The smallest absolute Gasteiger partial charge is 0.161 e. The van der Waals surface area contributed by atoms with E-state index in [1.54, 1.807) is 0 Å². The lowest BCUT2D eigenvalue weighted by Gasteiger charge is -2.18. The van der Waals surface area contributed by atoms with Crippen LogP contribution >= 0.6 is 0 Å². The van der Waals surface area contributed by atoms with Crippen molar-refractivity contribution < 1.29 is 9.47 Å². The molecule has 0 fully saturated rings. The van der Waals surface area contributed by atoms with Crippen LogP contribution in [0.15, 0.2) is 24.3 Å². The third-order valence-electron chi connectivity index (χ3n) is 2.32. The summed E-state index contributed by atoms with van der Waals surface area (Å²) in [6.45, 7) is 5.26. The van der Waals surface area contributed by atoms with Crippen LogP contribution in [0.3, 0.4) is 0 Å². The van der Waals surface area contributed by atoms with Crippen LogP contribution in [-0.4, -0.2) is 19.3 Å². The minimum absolute atomic E-state index is 0.0756. The van der Waals surface area contributed by atoms with Crippen molar-refractivity contribution >= 4 is 0 Å². The van der Waals surface area contributed by atoms with Gasteiger partial charge in [0.1, 0.15) is 6.10 Å². The second-order valence-electron chi connectivity index (χ2n) is 3.64. The maximum atomic E-state index is 5.84. The van der Waals surface area contributed by atoms with Crippen LogP contribution in [0, 0.1) is 0 Å². The molecule has 0 aliphatic rings. The number of nitrogens with two attached hydrogens (primary N) is 1. The van der Waals surface area contributed by atoms with Gasteiger partial charge in [0.25, 0.3) is 0 Å². The molecule has 0 saturated heterocycles. The van der Waals surface area contributed by atoms with Crippen LogP contribution in [0.2, 0.25) is 0 Å². The summed E-state index contributed by atoms with van der Waals surface area (Å²) in [4.78, 5) is 0. The summed E-state index contributed by atoms with van der Waals surface area (Å²) in [5, 5.41) is 0. The van der Waals surface area contributed by atoms with E-state index >= 15 is 0 Å². The maximum absolute atomic E-state index is 5.84. The highest BCUT2D eigenvalue weighted by molar-refractivity contribution is 5.39. The summed E-state index contributed by atoms with van der Waals surface area (Å²) in [6.07, 6.45) is 2.11. The second kappa shape index (κ2) is 7.12. The van der Waals surface area contributed by atoms with Crippen molar-refractivity contribution in [2.45, 2.75) is 32.8 Å². The molecule has 16 heavy (non-hydrogen) atoms. The monoisotopic (exact) mass is 223 g/mol. The summed E-state index contributed by atoms with van der Waals surface area (Å²) in [7, 11) is 0. The van der Waals surface area contributed by atoms with Gasteiger partial charge in [0.2, 0.25) is 0 Å². The molecule has 0 amide bonds. The van der Waals surface area contributed by atoms with Crippen molar-refractivity contribution in [3.8, 4) is 11.5 Å². The van der Waals surface area contributed by atoms with Gasteiger partial charge in [-0.2, -0.15) is 0 Å². The first-order valence-electron chi connectivity index (χ1n) is 5.90. The van der Waals surface area contributed by atoms with Crippen molar-refractivity contribution in [3.05, 3.63) is 24.3 Å². The predicted molar refractivity (Wildman–Crippen MR) is 66.0 cm³/mol. The fraction of sp³-hybridized carbons (Fsp3) is 0.538. The van der Waals surface area contributed by atoms with Crippen LogP contribution in [0.4, 0.5) is 0 Å². The van der Waals surface area contributed by atoms with E-state index in [0.717, 1.165) is 24.3 Å². The molecule has 1 atom stereocenters. The molecule has 0 aliphatic heterocycles. The highest BCUT2D eigenvalue weighted by atomic mass is 16.5. The van der Waals surface area contributed by atoms with Crippen molar-refractivity contribution in [2.75, 3.05) is 13.2 Å². The third kappa shape index (κ3) is 3.74. The Morgan fingerprint density at radius 3 is 2.44 bits per heavy atom. The van der Waals surface area contributed by atoms with Gasteiger partial charge in [-0.15, -0.1) is 0 Å². The van der Waals surface area contributed by atoms with Crippen LogP contribution in [0.1, 0.15) is 26.7 Å². The molecular weight excluding hydrogens is 202 g/mol. The lowest BCUT2D eigenvalue weighted by atomic mass is 10.2. The normalized spacial score (nSPS) is 12.2. The van der Waals surface area contributed by atoms with Gasteiger partial charge in [-0.25, -0.2) is 0 Å². The lowest BCUT2D eigenvalue weighted by molar-refractivity contribution is 0.186. The molecule has 0 aromatic heterocycles. The highest BCUT2D eigenvalue weighted by Crippen LogP contribution is 2.27. The third-order valence-corrected chi connectivity index (χ3v) is 2.32. The number of hydrogen-bond acceptors (Lipinski definition) is 3. The molecule has 90 valence electrons. The Bertz CT molecular complexity index is 302. The van der Waals surface area contributed by atoms with E-state index in [2.05, 4.69) is 6.92 Å². The van der Waals surface area contributed by atoms with E-state index < -0.39 is 0 Å². The number of ether oxygens (including phenoxy) is 2. The fourth-order valence-corrected chi connectivity index (χ4v) is 1.55. The average Bonchev–Trinajstić information content (AvgIpc) is 2.31. The molecule has 1 aromatic carbocycles. The first kappa shape index (κ1) is 12.8. The Labute approximate surface area is 97.6 Å². The van der Waals surface area contributed by atoms with E-state index in [9.17, 15) is 0 Å². The molecule has 0 saturated carbocycles. The Kier molecular flexibility index (Phi) is 5.72. The van der Waals surface area contributed by atoms with Crippen molar-refractivity contribution in [2.24, 2.45) is 5.73 Å². The molecule has 3 nitrogen and oxygen atoms in total. The van der Waals surface area contributed by atoms with Gasteiger partial charge in [-0.05, 0) is 25.5 Å². The summed E-state index contributed by atoms with van der Waals surface area (Å²) >= 11 is 0. The first-order valence-corrected chi connectivity index (χ1v) is 5.90. The van der Waals surface area contributed by atoms with E-state index in [-0.39, 0.29) is 6.10 Å². The summed E-state index contributed by atoms with van der Waals surface area (Å²) in [6, 6.07) is 7.72. The molecule has 0 aliphatic carbocycles. The fourth-order valence-electron chi connectivity index (χ4n) is 1.55. The maximum Gasteiger partial charge on any atom is 0.161 e. The van der Waals surface area contributed by atoms with Crippen LogP contribution < -0.4 is 15.2 Å². The van der Waals surface area contributed by atoms with Crippen LogP contribution in [0.5, 0.6) is 11.5 Å². The van der Waals surface area contributed by atoms with Crippen molar-refractivity contribution in [1.82, 2.24) is 0 Å². The van der Waals surface area contributed by atoms with Crippen LogP contribution in [-0.2, 0) is 0 Å². The zero-order valence-corrected chi connectivity index (χ0v) is 10.1. The topological polar surface area (TPSA) is 44.5 Å². The molecule has 0 spiro atoms. The van der Waals surface area contributed by atoms with Gasteiger partial charge in [-0.1, -0.05) is 25.5 Å². The number of benzene rings is 1. The average molecular weight is 223 g/mol. The molecule has 0 radical (unpaired) electrons.